The summed E-state index contributed by atoms with van der Waals surface area (Å²) in [6.07, 6.45) is -2.67. The van der Waals surface area contributed by atoms with Gasteiger partial charge in [-0.1, -0.05) is 6.07 Å². The zero-order valence-corrected chi connectivity index (χ0v) is 11.0. The molecule has 2 heterocycles. The second-order valence-corrected chi connectivity index (χ2v) is 5.18. The van der Waals surface area contributed by atoms with Crippen molar-refractivity contribution in [3.63, 3.8) is 0 Å². The third kappa shape index (κ3) is 1.89. The molecule has 0 saturated carbocycles. The fourth-order valence-electron chi connectivity index (χ4n) is 2.31. The Hall–Kier alpha value is -1.89. The van der Waals surface area contributed by atoms with Gasteiger partial charge < -0.3 is 9.88 Å². The van der Waals surface area contributed by atoms with E-state index >= 15 is 0 Å². The van der Waals surface area contributed by atoms with Gasteiger partial charge in [-0.05, 0) is 31.8 Å². The fraction of sp³-hybridized carbons (Fsp3) is 0.385. The van der Waals surface area contributed by atoms with Gasteiger partial charge in [0, 0.05) is 29.2 Å². The molecule has 0 saturated heterocycles. The molecule has 20 heavy (non-hydrogen) atoms. The molecular weight excluding hydrogens is 269 g/mol. The first-order valence-corrected chi connectivity index (χ1v) is 6.09. The van der Waals surface area contributed by atoms with E-state index in [0.29, 0.717) is 6.54 Å². The van der Waals surface area contributed by atoms with E-state index in [1.807, 2.05) is 25.2 Å². The normalized spacial score (nSPS) is 17.1. The Balaban J connectivity index is 2.06. The predicted molar refractivity (Wildman–Crippen MR) is 68.3 cm³/mol. The lowest BCUT2D eigenvalue weighted by molar-refractivity contribution is -0.166. The number of benzene rings is 1. The molecule has 4 nitrogen and oxygen atoms in total. The van der Waals surface area contributed by atoms with Crippen molar-refractivity contribution in [2.24, 2.45) is 10.2 Å². The zero-order valence-electron chi connectivity index (χ0n) is 11.0. The van der Waals surface area contributed by atoms with Crippen molar-refractivity contribution >= 4 is 10.9 Å². The summed E-state index contributed by atoms with van der Waals surface area (Å²) >= 11 is 0. The predicted octanol–water partition coefficient (Wildman–Crippen LogP) is 3.41. The van der Waals surface area contributed by atoms with Crippen molar-refractivity contribution in [1.29, 1.82) is 0 Å². The van der Waals surface area contributed by atoms with Crippen LogP contribution in [0.15, 0.2) is 34.6 Å². The van der Waals surface area contributed by atoms with Gasteiger partial charge >= 0.3 is 11.8 Å². The third-order valence-corrected chi connectivity index (χ3v) is 3.35. The van der Waals surface area contributed by atoms with Crippen LogP contribution >= 0.6 is 0 Å². The smallest absolute Gasteiger partial charge is 0.361 e. The number of nitrogens with zero attached hydrogens (tertiary/aromatic N) is 3. The first-order valence-electron chi connectivity index (χ1n) is 6.09. The van der Waals surface area contributed by atoms with E-state index in [4.69, 9.17) is 0 Å². The van der Waals surface area contributed by atoms with Gasteiger partial charge in [0.1, 0.15) is 0 Å². The molecule has 106 valence electrons. The molecule has 0 amide bonds. The van der Waals surface area contributed by atoms with Gasteiger partial charge in [0.05, 0.1) is 0 Å². The highest BCUT2D eigenvalue weighted by molar-refractivity contribution is 5.84. The molecule has 0 radical (unpaired) electrons. The monoisotopic (exact) mass is 282 g/mol. The van der Waals surface area contributed by atoms with E-state index in [1.54, 1.807) is 6.07 Å². The van der Waals surface area contributed by atoms with E-state index in [1.165, 1.54) is 12.1 Å². The first-order chi connectivity index (χ1) is 9.33. The quantitative estimate of drug-likeness (QED) is 0.921. The van der Waals surface area contributed by atoms with Crippen LogP contribution in [0.2, 0.25) is 0 Å². The fourth-order valence-corrected chi connectivity index (χ4v) is 2.31. The molecule has 3 rings (SSSR count). The van der Waals surface area contributed by atoms with Crippen LogP contribution in [0.1, 0.15) is 11.1 Å². The standard InChI is InChI=1S/C13H13F3N4/c1-20(2)7-8-6-17-11-4-3-9(5-10(8)11)12(18-19-12)13(14,15)16/h3-6,17H,7H2,1-2H3. The highest BCUT2D eigenvalue weighted by Gasteiger charge is 2.65. The van der Waals surface area contributed by atoms with Gasteiger partial charge in [-0.15, -0.1) is 10.2 Å². The minimum atomic E-state index is -4.49. The number of hydrogen-bond acceptors (Lipinski definition) is 3. The molecule has 0 fully saturated rings. The highest BCUT2D eigenvalue weighted by atomic mass is 19.4. The maximum absolute atomic E-state index is 13.0. The first kappa shape index (κ1) is 13.1. The maximum Gasteiger partial charge on any atom is 0.442 e. The molecule has 0 spiro atoms. The number of H-pyrrole nitrogens is 1. The van der Waals surface area contributed by atoms with Gasteiger partial charge in [0.15, 0.2) is 0 Å². The lowest BCUT2D eigenvalue weighted by Crippen LogP contribution is -2.30. The Morgan fingerprint density at radius 3 is 2.50 bits per heavy atom. The van der Waals surface area contributed by atoms with Crippen LogP contribution < -0.4 is 0 Å². The van der Waals surface area contributed by atoms with Crippen LogP contribution in [-0.4, -0.2) is 30.2 Å². The van der Waals surface area contributed by atoms with E-state index < -0.39 is 11.8 Å². The number of nitrogens with one attached hydrogen (secondary N) is 1. The Morgan fingerprint density at radius 1 is 1.25 bits per heavy atom. The number of fused-ring (bicyclic) bond motifs is 1. The maximum atomic E-state index is 13.0. The zero-order chi connectivity index (χ0) is 14.5. The summed E-state index contributed by atoms with van der Waals surface area (Å²) in [6, 6.07) is 4.59. The second-order valence-electron chi connectivity index (χ2n) is 5.18. The van der Waals surface area contributed by atoms with E-state index in [9.17, 15) is 13.2 Å². The third-order valence-electron chi connectivity index (χ3n) is 3.35. The van der Waals surface area contributed by atoms with Crippen LogP contribution in [0.4, 0.5) is 13.2 Å². The lowest BCUT2D eigenvalue weighted by Gasteiger charge is -2.15. The van der Waals surface area contributed by atoms with Crippen molar-refractivity contribution in [2.75, 3.05) is 14.1 Å². The molecule has 7 heteroatoms. The number of aromatic nitrogens is 1. The Kier molecular flexibility index (Phi) is 2.66. The molecule has 1 aromatic carbocycles. The summed E-state index contributed by atoms with van der Waals surface area (Å²) < 4.78 is 39.0. The van der Waals surface area contributed by atoms with Crippen LogP contribution in [0.5, 0.6) is 0 Å². The molecule has 2 aromatic rings. The van der Waals surface area contributed by atoms with Crippen LogP contribution in [0.25, 0.3) is 10.9 Å². The number of alkyl halides is 3. The Morgan fingerprint density at radius 2 is 1.95 bits per heavy atom. The van der Waals surface area contributed by atoms with Crippen LogP contribution in [0, 0.1) is 0 Å². The molecule has 1 aliphatic rings. The number of hydrogen-bond donors (Lipinski definition) is 1. The summed E-state index contributed by atoms with van der Waals surface area (Å²) in [5, 5.41) is 7.25. The number of rotatable bonds is 3. The largest absolute Gasteiger partial charge is 0.442 e. The Labute approximate surface area is 113 Å². The summed E-state index contributed by atoms with van der Waals surface area (Å²) in [7, 11) is 3.82. The highest BCUT2D eigenvalue weighted by Crippen LogP contribution is 2.52. The minimum absolute atomic E-state index is 0.0668. The van der Waals surface area contributed by atoms with E-state index in [-0.39, 0.29) is 5.56 Å². The lowest BCUT2D eigenvalue weighted by atomic mass is 10.00. The molecule has 0 bridgehead atoms. The molecule has 0 atom stereocenters. The topological polar surface area (TPSA) is 43.8 Å². The van der Waals surface area contributed by atoms with Crippen molar-refractivity contribution in [3.05, 3.63) is 35.5 Å². The van der Waals surface area contributed by atoms with Gasteiger partial charge in [-0.3, -0.25) is 0 Å². The molecule has 0 aliphatic carbocycles. The SMILES string of the molecule is CN(C)Cc1c[nH]c2ccc(C3(C(F)(F)F)N=N3)cc12. The van der Waals surface area contributed by atoms with E-state index in [0.717, 1.165) is 16.5 Å². The van der Waals surface area contributed by atoms with Gasteiger partial charge in [-0.2, -0.15) is 13.2 Å². The van der Waals surface area contributed by atoms with E-state index in [2.05, 4.69) is 15.2 Å². The van der Waals surface area contributed by atoms with Gasteiger partial charge in [-0.25, -0.2) is 0 Å². The molecule has 1 aromatic heterocycles. The molecular formula is C13H13F3N4. The number of halogens is 3. The van der Waals surface area contributed by atoms with Crippen LogP contribution in [0.3, 0.4) is 0 Å². The average molecular weight is 282 g/mol. The van der Waals surface area contributed by atoms with Crippen LogP contribution in [-0.2, 0) is 12.2 Å². The summed E-state index contributed by atoms with van der Waals surface area (Å²) in [5.74, 6) is 0. The second kappa shape index (κ2) is 4.05. The van der Waals surface area contributed by atoms with Crippen molar-refractivity contribution in [3.8, 4) is 0 Å². The summed E-state index contributed by atoms with van der Waals surface area (Å²) in [5.41, 5.74) is -0.529. The summed E-state index contributed by atoms with van der Waals surface area (Å²) in [4.78, 5) is 5.02. The molecule has 1 N–H and O–H groups in total. The molecule has 0 unspecified atom stereocenters. The Bertz CT molecular complexity index is 678. The van der Waals surface area contributed by atoms with Crippen molar-refractivity contribution in [1.82, 2.24) is 9.88 Å². The van der Waals surface area contributed by atoms with Gasteiger partial charge in [0.25, 0.3) is 0 Å². The number of aromatic amines is 1. The minimum Gasteiger partial charge on any atom is -0.361 e. The van der Waals surface area contributed by atoms with Crippen molar-refractivity contribution in [2.45, 2.75) is 18.4 Å². The van der Waals surface area contributed by atoms with Crippen molar-refractivity contribution < 1.29 is 13.2 Å². The molecule has 1 aliphatic heterocycles. The summed E-state index contributed by atoms with van der Waals surface area (Å²) in [6.45, 7) is 0.650. The average Bonchev–Trinajstić information content (AvgIpc) is 3.08. The van der Waals surface area contributed by atoms with Gasteiger partial charge in [0.2, 0.25) is 0 Å².